The zero-order chi connectivity index (χ0) is 11.1. The number of carboxylic acids is 1. The average Bonchev–Trinajstić information content (AvgIpc) is 2.75. The Bertz CT molecular complexity index is 574. The van der Waals surface area contributed by atoms with Gasteiger partial charge in [-0.2, -0.15) is 0 Å². The van der Waals surface area contributed by atoms with Crippen molar-refractivity contribution in [1.82, 2.24) is 10.3 Å². The van der Waals surface area contributed by atoms with Crippen LogP contribution in [-0.2, 0) is 6.54 Å². The molecular formula is C11H10N2O3. The van der Waals surface area contributed by atoms with Gasteiger partial charge in [-0.1, -0.05) is 0 Å². The molecule has 2 aromatic rings. The van der Waals surface area contributed by atoms with Crippen molar-refractivity contribution >= 4 is 16.9 Å². The Morgan fingerprint density at radius 3 is 3.19 bits per heavy atom. The molecule has 1 aromatic carbocycles. The molecule has 0 saturated heterocycles. The van der Waals surface area contributed by atoms with E-state index < -0.39 is 5.97 Å². The summed E-state index contributed by atoms with van der Waals surface area (Å²) in [4.78, 5) is 14.1. The van der Waals surface area contributed by atoms with Gasteiger partial charge in [0.1, 0.15) is 18.0 Å². The van der Waals surface area contributed by atoms with Gasteiger partial charge in [-0.15, -0.1) is 0 Å². The Balaban J connectivity index is 2.37. The summed E-state index contributed by atoms with van der Waals surface area (Å²) in [6.07, 6.45) is 1.80. The minimum Gasteiger partial charge on any atom is -0.478 e. The molecule has 0 spiro atoms. The normalized spacial score (nSPS) is 14.5. The Hall–Kier alpha value is -2.01. The van der Waals surface area contributed by atoms with Gasteiger partial charge in [-0.3, -0.25) is 5.32 Å². The molecule has 1 aliphatic rings. The number of nitrogens with one attached hydrogen (secondary N) is 2. The zero-order valence-electron chi connectivity index (χ0n) is 8.41. The van der Waals surface area contributed by atoms with Crippen LogP contribution in [0.2, 0.25) is 0 Å². The van der Waals surface area contributed by atoms with Gasteiger partial charge in [0.05, 0.1) is 0 Å². The monoisotopic (exact) mass is 218 g/mol. The Kier molecular flexibility index (Phi) is 1.87. The van der Waals surface area contributed by atoms with Crippen molar-refractivity contribution in [3.8, 4) is 5.75 Å². The molecule has 0 unspecified atom stereocenters. The van der Waals surface area contributed by atoms with Gasteiger partial charge in [0.2, 0.25) is 0 Å². The number of carboxylic acid groups (broad SMARTS) is 1. The van der Waals surface area contributed by atoms with Gasteiger partial charge in [0.15, 0.2) is 0 Å². The fourth-order valence-electron chi connectivity index (χ4n) is 2.06. The number of rotatable bonds is 1. The Morgan fingerprint density at radius 2 is 2.38 bits per heavy atom. The molecule has 1 aliphatic heterocycles. The lowest BCUT2D eigenvalue weighted by Gasteiger charge is -2.20. The number of hydrogen-bond acceptors (Lipinski definition) is 3. The number of fused-ring (bicyclic) bond motifs is 3. The maximum Gasteiger partial charge on any atom is 0.339 e. The van der Waals surface area contributed by atoms with Gasteiger partial charge in [0.25, 0.3) is 0 Å². The topological polar surface area (TPSA) is 74.3 Å². The number of aromatic amines is 1. The molecule has 3 N–H and O–H groups in total. The van der Waals surface area contributed by atoms with Crippen LogP contribution in [0, 0.1) is 0 Å². The first-order valence-electron chi connectivity index (χ1n) is 4.97. The van der Waals surface area contributed by atoms with E-state index in [1.807, 2.05) is 6.07 Å². The van der Waals surface area contributed by atoms with E-state index in [1.165, 1.54) is 0 Å². The first-order valence-corrected chi connectivity index (χ1v) is 4.97. The molecule has 16 heavy (non-hydrogen) atoms. The number of aromatic nitrogens is 1. The molecule has 5 nitrogen and oxygen atoms in total. The quantitative estimate of drug-likeness (QED) is 0.674. The SMILES string of the molecule is O=C(O)c1cc2[nH]ccc2c2c1OCNC2. The van der Waals surface area contributed by atoms with E-state index in [2.05, 4.69) is 10.3 Å². The van der Waals surface area contributed by atoms with Crippen molar-refractivity contribution in [3.05, 3.63) is 29.5 Å². The summed E-state index contributed by atoms with van der Waals surface area (Å²) in [7, 11) is 0. The van der Waals surface area contributed by atoms with E-state index in [4.69, 9.17) is 9.84 Å². The summed E-state index contributed by atoms with van der Waals surface area (Å²) in [5.74, 6) is -0.479. The predicted molar refractivity (Wildman–Crippen MR) is 57.6 cm³/mol. The van der Waals surface area contributed by atoms with E-state index in [0.29, 0.717) is 19.0 Å². The fraction of sp³-hybridized carbons (Fsp3) is 0.182. The minimum atomic E-state index is -0.963. The van der Waals surface area contributed by atoms with Crippen molar-refractivity contribution < 1.29 is 14.6 Å². The second-order valence-corrected chi connectivity index (χ2v) is 3.69. The van der Waals surface area contributed by atoms with Crippen LogP contribution in [0.5, 0.6) is 5.75 Å². The van der Waals surface area contributed by atoms with E-state index >= 15 is 0 Å². The van der Waals surface area contributed by atoms with Crippen LogP contribution in [0.1, 0.15) is 15.9 Å². The number of hydrogen-bond donors (Lipinski definition) is 3. The third-order valence-corrected chi connectivity index (χ3v) is 2.76. The molecule has 0 saturated carbocycles. The molecule has 2 heterocycles. The van der Waals surface area contributed by atoms with Gasteiger partial charge in [-0.05, 0) is 12.1 Å². The molecule has 0 aliphatic carbocycles. The zero-order valence-corrected chi connectivity index (χ0v) is 8.41. The first-order chi connectivity index (χ1) is 7.77. The standard InChI is InChI=1S/C11H10N2O3/c14-11(15)7-3-9-6(1-2-13-9)8-4-12-5-16-10(7)8/h1-3,12-13H,4-5H2,(H,14,15). The average molecular weight is 218 g/mol. The Labute approximate surface area is 91.0 Å². The van der Waals surface area contributed by atoms with E-state index in [-0.39, 0.29) is 5.56 Å². The van der Waals surface area contributed by atoms with Crippen LogP contribution in [0.4, 0.5) is 0 Å². The van der Waals surface area contributed by atoms with Gasteiger partial charge in [-0.25, -0.2) is 4.79 Å². The molecule has 0 bridgehead atoms. The lowest BCUT2D eigenvalue weighted by atomic mass is 10.0. The summed E-state index contributed by atoms with van der Waals surface area (Å²) in [6.45, 7) is 0.980. The molecule has 0 fully saturated rings. The number of ether oxygens (including phenoxy) is 1. The van der Waals surface area contributed by atoms with Gasteiger partial charge >= 0.3 is 5.97 Å². The maximum absolute atomic E-state index is 11.1. The summed E-state index contributed by atoms with van der Waals surface area (Å²) in [6, 6.07) is 3.54. The second-order valence-electron chi connectivity index (χ2n) is 3.69. The Morgan fingerprint density at radius 1 is 1.50 bits per heavy atom. The van der Waals surface area contributed by atoms with E-state index in [1.54, 1.807) is 12.3 Å². The number of H-pyrrole nitrogens is 1. The lowest BCUT2D eigenvalue weighted by molar-refractivity contribution is 0.0690. The smallest absolute Gasteiger partial charge is 0.339 e. The fourth-order valence-corrected chi connectivity index (χ4v) is 2.06. The highest BCUT2D eigenvalue weighted by atomic mass is 16.5. The van der Waals surface area contributed by atoms with Gasteiger partial charge < -0.3 is 14.8 Å². The molecule has 82 valence electrons. The summed E-state index contributed by atoms with van der Waals surface area (Å²) in [5, 5.41) is 13.2. The molecule has 5 heteroatoms. The predicted octanol–water partition coefficient (Wildman–Crippen LogP) is 1.31. The number of carbonyl (C=O) groups is 1. The molecule has 0 amide bonds. The lowest BCUT2D eigenvalue weighted by Crippen LogP contribution is -2.26. The van der Waals surface area contributed by atoms with Crippen molar-refractivity contribution in [2.24, 2.45) is 0 Å². The highest BCUT2D eigenvalue weighted by molar-refractivity contribution is 5.99. The molecule has 0 radical (unpaired) electrons. The van der Waals surface area contributed by atoms with Crippen LogP contribution in [0.25, 0.3) is 10.9 Å². The highest BCUT2D eigenvalue weighted by Gasteiger charge is 2.21. The van der Waals surface area contributed by atoms with Crippen molar-refractivity contribution in [2.45, 2.75) is 6.54 Å². The molecular weight excluding hydrogens is 208 g/mol. The molecule has 3 rings (SSSR count). The largest absolute Gasteiger partial charge is 0.478 e. The van der Waals surface area contributed by atoms with E-state index in [9.17, 15) is 4.79 Å². The summed E-state index contributed by atoms with van der Waals surface area (Å²) in [5.41, 5.74) is 1.94. The van der Waals surface area contributed by atoms with Crippen molar-refractivity contribution in [2.75, 3.05) is 6.73 Å². The second kappa shape index (κ2) is 3.24. The first kappa shape index (κ1) is 9.23. The van der Waals surface area contributed by atoms with Crippen LogP contribution in [0.3, 0.4) is 0 Å². The molecule has 0 atom stereocenters. The van der Waals surface area contributed by atoms with Crippen molar-refractivity contribution in [3.63, 3.8) is 0 Å². The third kappa shape index (κ3) is 1.18. The van der Waals surface area contributed by atoms with E-state index in [0.717, 1.165) is 16.5 Å². The molecule has 1 aromatic heterocycles. The van der Waals surface area contributed by atoms with Crippen LogP contribution in [-0.4, -0.2) is 22.8 Å². The van der Waals surface area contributed by atoms with Crippen LogP contribution in [0.15, 0.2) is 18.3 Å². The van der Waals surface area contributed by atoms with Gasteiger partial charge in [0, 0.05) is 29.2 Å². The summed E-state index contributed by atoms with van der Waals surface area (Å²) >= 11 is 0. The van der Waals surface area contributed by atoms with Crippen LogP contribution < -0.4 is 10.1 Å². The highest BCUT2D eigenvalue weighted by Crippen LogP contribution is 2.33. The van der Waals surface area contributed by atoms with Crippen molar-refractivity contribution in [1.29, 1.82) is 0 Å². The number of aromatic carboxylic acids is 1. The van der Waals surface area contributed by atoms with Crippen LogP contribution >= 0.6 is 0 Å². The number of benzene rings is 1. The minimum absolute atomic E-state index is 0.214. The maximum atomic E-state index is 11.1. The third-order valence-electron chi connectivity index (χ3n) is 2.76. The summed E-state index contributed by atoms with van der Waals surface area (Å²) < 4.78 is 5.39.